The van der Waals surface area contributed by atoms with E-state index in [0.717, 1.165) is 27.8 Å². The number of aromatic nitrogens is 2. The van der Waals surface area contributed by atoms with Gasteiger partial charge in [-0.05, 0) is 56.7 Å². The van der Waals surface area contributed by atoms with E-state index in [2.05, 4.69) is 67.5 Å². The summed E-state index contributed by atoms with van der Waals surface area (Å²) in [5.41, 5.74) is 1.00. The molecule has 0 atom stereocenters. The molecule has 4 heteroatoms. The first-order chi connectivity index (χ1) is 6.70. The predicted molar refractivity (Wildman–Crippen MR) is 69.3 cm³/mol. The van der Waals surface area contributed by atoms with Gasteiger partial charge >= 0.3 is 0 Å². The molecule has 2 nitrogen and oxygen atoms in total. The molecule has 1 aromatic carbocycles. The van der Waals surface area contributed by atoms with Crippen molar-refractivity contribution < 1.29 is 0 Å². The number of fused-ring (bicyclic) bond motifs is 1. The van der Waals surface area contributed by atoms with Gasteiger partial charge in [0.2, 0.25) is 0 Å². The summed E-state index contributed by atoms with van der Waals surface area (Å²) in [5, 5.41) is 1.08. The number of halogens is 2. The van der Waals surface area contributed by atoms with Gasteiger partial charge in [-0.3, -0.25) is 0 Å². The highest BCUT2D eigenvalue weighted by Crippen LogP contribution is 2.22. The molecule has 72 valence electrons. The number of hydrogen-bond donors (Lipinski definition) is 0. The molecule has 1 aromatic heterocycles. The second-order valence-corrected chi connectivity index (χ2v) is 4.94. The van der Waals surface area contributed by atoms with Crippen molar-refractivity contribution in [1.82, 2.24) is 9.97 Å². The van der Waals surface area contributed by atoms with Crippen LogP contribution in [0.25, 0.3) is 10.9 Å². The fourth-order valence-electron chi connectivity index (χ4n) is 1.27. The Morgan fingerprint density at radius 2 is 2.14 bits per heavy atom. The van der Waals surface area contributed by atoms with Crippen molar-refractivity contribution in [3.8, 4) is 0 Å². The van der Waals surface area contributed by atoms with Crippen LogP contribution < -0.4 is 0 Å². The second-order valence-electron chi connectivity index (χ2n) is 2.95. The summed E-state index contributed by atoms with van der Waals surface area (Å²) in [6, 6.07) is 6.17. The van der Waals surface area contributed by atoms with E-state index in [1.165, 1.54) is 3.57 Å². The quantitative estimate of drug-likeness (QED) is 0.572. The fraction of sp³-hybridized carbons (Fsp3) is 0.200. The van der Waals surface area contributed by atoms with Crippen molar-refractivity contribution >= 4 is 49.4 Å². The molecule has 0 radical (unpaired) electrons. The minimum absolute atomic E-state index is 0.862. The first-order valence-corrected chi connectivity index (χ1v) is 6.19. The Morgan fingerprint density at radius 3 is 2.86 bits per heavy atom. The van der Waals surface area contributed by atoms with Gasteiger partial charge in [-0.15, -0.1) is 0 Å². The highest BCUT2D eigenvalue weighted by Gasteiger charge is 2.04. The summed E-state index contributed by atoms with van der Waals surface area (Å²) < 4.78 is 2.08. The number of hydrogen-bond acceptors (Lipinski definition) is 2. The van der Waals surface area contributed by atoms with Crippen LogP contribution in [-0.4, -0.2) is 9.97 Å². The fourth-order valence-corrected chi connectivity index (χ4v) is 2.28. The molecular weight excluding hydrogens is 355 g/mol. The van der Waals surface area contributed by atoms with Gasteiger partial charge in [-0.1, -0.05) is 6.92 Å². The van der Waals surface area contributed by atoms with Gasteiger partial charge in [-0.25, -0.2) is 9.97 Å². The van der Waals surface area contributed by atoms with E-state index >= 15 is 0 Å². The lowest BCUT2D eigenvalue weighted by atomic mass is 10.2. The molecule has 14 heavy (non-hydrogen) atoms. The molecule has 0 unspecified atom stereocenters. The Balaban J connectivity index is 2.76. The summed E-state index contributed by atoms with van der Waals surface area (Å²) in [6.07, 6.45) is 0.862. The van der Waals surface area contributed by atoms with E-state index in [-0.39, 0.29) is 0 Å². The van der Waals surface area contributed by atoms with Crippen LogP contribution in [0.2, 0.25) is 0 Å². The molecule has 0 amide bonds. The lowest BCUT2D eigenvalue weighted by Gasteiger charge is -2.02. The maximum Gasteiger partial charge on any atom is 0.130 e. The monoisotopic (exact) mass is 362 g/mol. The van der Waals surface area contributed by atoms with Crippen molar-refractivity contribution in [2.75, 3.05) is 0 Å². The summed E-state index contributed by atoms with van der Waals surface area (Å²) in [5.74, 6) is 0.880. The number of nitrogens with zero attached hydrogens (tertiary/aromatic N) is 2. The Hall–Kier alpha value is -0.230. The van der Waals surface area contributed by atoms with Crippen LogP contribution in [0.5, 0.6) is 0 Å². The number of rotatable bonds is 1. The van der Waals surface area contributed by atoms with Crippen LogP contribution in [-0.2, 0) is 6.42 Å². The van der Waals surface area contributed by atoms with Gasteiger partial charge in [0.15, 0.2) is 0 Å². The molecule has 0 spiro atoms. The lowest BCUT2D eigenvalue weighted by molar-refractivity contribution is 0.951. The molecule has 2 rings (SSSR count). The van der Waals surface area contributed by atoms with Crippen LogP contribution in [0.4, 0.5) is 0 Å². The van der Waals surface area contributed by atoms with Gasteiger partial charge in [0, 0.05) is 15.4 Å². The molecule has 1 heterocycles. The molecular formula is C10H8BrIN2. The minimum atomic E-state index is 0.862. The lowest BCUT2D eigenvalue weighted by Crippen LogP contribution is -1.94. The molecule has 0 bridgehead atoms. The Morgan fingerprint density at radius 1 is 1.36 bits per heavy atom. The smallest absolute Gasteiger partial charge is 0.130 e. The zero-order valence-electron chi connectivity index (χ0n) is 7.59. The number of aryl methyl sites for hydroxylation is 1. The molecule has 0 fully saturated rings. The van der Waals surface area contributed by atoms with Gasteiger partial charge in [0.25, 0.3) is 0 Å². The van der Waals surface area contributed by atoms with Crippen LogP contribution in [0.15, 0.2) is 22.8 Å². The largest absolute Gasteiger partial charge is 0.233 e. The van der Waals surface area contributed by atoms with Crippen molar-refractivity contribution in [3.63, 3.8) is 0 Å². The summed E-state index contributed by atoms with van der Waals surface area (Å²) >= 11 is 5.75. The molecule has 0 N–H and O–H groups in total. The maximum atomic E-state index is 4.45. The highest BCUT2D eigenvalue weighted by atomic mass is 127. The molecule has 0 saturated heterocycles. The van der Waals surface area contributed by atoms with Crippen molar-refractivity contribution in [1.29, 1.82) is 0 Å². The second kappa shape index (κ2) is 4.10. The topological polar surface area (TPSA) is 25.8 Å². The predicted octanol–water partition coefficient (Wildman–Crippen LogP) is 3.56. The molecule has 0 aliphatic heterocycles. The maximum absolute atomic E-state index is 4.45. The third-order valence-electron chi connectivity index (χ3n) is 1.97. The van der Waals surface area contributed by atoms with E-state index < -0.39 is 0 Å². The van der Waals surface area contributed by atoms with E-state index in [1.54, 1.807) is 0 Å². The summed E-state index contributed by atoms with van der Waals surface area (Å²) in [4.78, 5) is 8.81. The van der Waals surface area contributed by atoms with Crippen LogP contribution in [0.1, 0.15) is 12.7 Å². The van der Waals surface area contributed by atoms with Crippen molar-refractivity contribution in [2.45, 2.75) is 13.3 Å². The summed E-state index contributed by atoms with van der Waals surface area (Å²) in [6.45, 7) is 2.06. The number of benzene rings is 1. The highest BCUT2D eigenvalue weighted by molar-refractivity contribution is 14.1. The van der Waals surface area contributed by atoms with Crippen LogP contribution in [0, 0.1) is 3.57 Å². The Kier molecular flexibility index (Phi) is 3.02. The average molecular weight is 363 g/mol. The van der Waals surface area contributed by atoms with Gasteiger partial charge in [0.05, 0.1) is 5.52 Å². The average Bonchev–Trinajstić information content (AvgIpc) is 2.19. The van der Waals surface area contributed by atoms with E-state index in [0.29, 0.717) is 0 Å². The Bertz CT molecular complexity index is 485. The van der Waals surface area contributed by atoms with Crippen LogP contribution in [0.3, 0.4) is 0 Å². The first kappa shape index (κ1) is 10.3. The third kappa shape index (κ3) is 1.91. The zero-order chi connectivity index (χ0) is 10.1. The van der Waals surface area contributed by atoms with Crippen molar-refractivity contribution in [3.05, 3.63) is 32.2 Å². The van der Waals surface area contributed by atoms with E-state index in [1.807, 2.05) is 6.07 Å². The third-order valence-corrected chi connectivity index (χ3v) is 3.25. The molecule has 0 saturated carbocycles. The normalized spacial score (nSPS) is 10.8. The van der Waals surface area contributed by atoms with Crippen LogP contribution >= 0.6 is 38.5 Å². The van der Waals surface area contributed by atoms with Gasteiger partial charge in [0.1, 0.15) is 10.4 Å². The first-order valence-electron chi connectivity index (χ1n) is 4.32. The summed E-state index contributed by atoms with van der Waals surface area (Å²) in [7, 11) is 0. The van der Waals surface area contributed by atoms with E-state index in [4.69, 9.17) is 0 Å². The van der Waals surface area contributed by atoms with Crippen molar-refractivity contribution in [2.24, 2.45) is 0 Å². The van der Waals surface area contributed by atoms with Gasteiger partial charge in [-0.2, -0.15) is 0 Å². The standard InChI is InChI=1S/C10H8BrIN2/c1-2-9-13-8-4-3-6(12)5-7(8)10(11)14-9/h3-5H,2H2,1H3. The minimum Gasteiger partial charge on any atom is -0.233 e. The SMILES string of the molecule is CCc1nc(Br)c2cc(I)ccc2n1. The Labute approximate surface area is 104 Å². The molecule has 0 aliphatic carbocycles. The molecule has 2 aromatic rings. The van der Waals surface area contributed by atoms with E-state index in [9.17, 15) is 0 Å². The van der Waals surface area contributed by atoms with Gasteiger partial charge < -0.3 is 0 Å². The zero-order valence-corrected chi connectivity index (χ0v) is 11.3. The molecule has 0 aliphatic rings.